The van der Waals surface area contributed by atoms with Crippen molar-refractivity contribution in [3.63, 3.8) is 0 Å². The van der Waals surface area contributed by atoms with Crippen LogP contribution >= 0.6 is 0 Å². The molecule has 0 spiro atoms. The maximum atomic E-state index is 11.8. The van der Waals surface area contributed by atoms with Gasteiger partial charge in [0.25, 0.3) is 0 Å². The number of allylic oxidation sites excluding steroid dienone is 1. The lowest BCUT2D eigenvalue weighted by Gasteiger charge is -2.15. The predicted molar refractivity (Wildman–Crippen MR) is 69.2 cm³/mol. The van der Waals surface area contributed by atoms with E-state index in [0.717, 1.165) is 0 Å². The molecular weight excluding hydrogens is 264 g/mol. The van der Waals surface area contributed by atoms with E-state index in [9.17, 15) is 9.90 Å². The first-order valence-corrected chi connectivity index (χ1v) is 5.96. The van der Waals surface area contributed by atoms with Crippen LogP contribution in [-0.2, 0) is 4.74 Å². The number of nitrogens with zero attached hydrogens (tertiary/aromatic N) is 3. The zero-order chi connectivity index (χ0) is 14.7. The van der Waals surface area contributed by atoms with Crippen LogP contribution in [0.3, 0.4) is 0 Å². The molecule has 0 unspecified atom stereocenters. The third kappa shape index (κ3) is 2.70. The molecule has 106 valence electrons. The molecule has 0 aromatic carbocycles. The van der Waals surface area contributed by atoms with Gasteiger partial charge in [-0.15, -0.1) is 0 Å². The van der Waals surface area contributed by atoms with Crippen LogP contribution < -0.4 is 11.4 Å². The molecule has 4 N–H and O–H groups in total. The summed E-state index contributed by atoms with van der Waals surface area (Å²) in [5.41, 5.74) is 5.38. The number of hydrogen-bond donors (Lipinski definition) is 3. The summed E-state index contributed by atoms with van der Waals surface area (Å²) in [6, 6.07) is 1.81. The molecule has 8 nitrogen and oxygen atoms in total. The molecule has 0 amide bonds. The molecule has 0 radical (unpaired) electrons. The van der Waals surface area contributed by atoms with Crippen molar-refractivity contribution in [1.82, 2.24) is 9.55 Å². The number of rotatable bonds is 3. The lowest BCUT2D eigenvalue weighted by molar-refractivity contribution is -0.0458. The van der Waals surface area contributed by atoms with Gasteiger partial charge in [-0.2, -0.15) is 10.2 Å². The average Bonchev–Trinajstić information content (AvgIpc) is 2.79. The zero-order valence-corrected chi connectivity index (χ0v) is 10.5. The van der Waals surface area contributed by atoms with Gasteiger partial charge in [0.1, 0.15) is 18.1 Å². The Hall–Kier alpha value is -2.21. The molecule has 0 aliphatic carbocycles. The van der Waals surface area contributed by atoms with E-state index in [1.807, 2.05) is 6.07 Å². The van der Waals surface area contributed by atoms with Gasteiger partial charge in [-0.1, -0.05) is 0 Å². The van der Waals surface area contributed by atoms with Crippen molar-refractivity contribution in [1.29, 1.82) is 5.26 Å². The molecule has 0 saturated carbocycles. The SMILES string of the molecule is N#C/C=C/c1cn([C@H]2C[C@H](O)[C@@H](CO)O2)c(=O)nc1N. The Bertz CT molecular complexity index is 619. The fraction of sp³-hybridized carbons (Fsp3) is 0.417. The third-order valence-electron chi connectivity index (χ3n) is 3.04. The molecule has 1 fully saturated rings. The molecule has 1 aliphatic rings. The van der Waals surface area contributed by atoms with E-state index in [1.165, 1.54) is 22.9 Å². The number of ether oxygens (including phenoxy) is 1. The van der Waals surface area contributed by atoms with Gasteiger partial charge < -0.3 is 20.7 Å². The minimum Gasteiger partial charge on any atom is -0.394 e. The normalized spacial score (nSPS) is 25.9. The second kappa shape index (κ2) is 5.83. The number of aromatic nitrogens is 2. The van der Waals surface area contributed by atoms with Crippen molar-refractivity contribution in [2.45, 2.75) is 24.9 Å². The van der Waals surface area contributed by atoms with Crippen molar-refractivity contribution >= 4 is 11.9 Å². The number of aliphatic hydroxyl groups excluding tert-OH is 2. The van der Waals surface area contributed by atoms with E-state index in [2.05, 4.69) is 4.98 Å². The van der Waals surface area contributed by atoms with Crippen molar-refractivity contribution in [3.05, 3.63) is 28.3 Å². The van der Waals surface area contributed by atoms with Crippen LogP contribution in [0.5, 0.6) is 0 Å². The molecule has 1 aromatic heterocycles. The zero-order valence-electron chi connectivity index (χ0n) is 10.5. The van der Waals surface area contributed by atoms with E-state index < -0.39 is 24.1 Å². The van der Waals surface area contributed by atoms with Crippen molar-refractivity contribution < 1.29 is 14.9 Å². The predicted octanol–water partition coefficient (Wildman–Crippen LogP) is -0.997. The van der Waals surface area contributed by atoms with Gasteiger partial charge in [0, 0.05) is 24.3 Å². The molecule has 3 atom stereocenters. The molecular formula is C12H14N4O4. The van der Waals surface area contributed by atoms with E-state index in [0.29, 0.717) is 5.56 Å². The molecule has 1 aromatic rings. The fourth-order valence-electron chi connectivity index (χ4n) is 2.01. The number of nitrogen functional groups attached to an aromatic ring is 1. The molecule has 1 saturated heterocycles. The third-order valence-corrected chi connectivity index (χ3v) is 3.04. The number of nitriles is 1. The quantitative estimate of drug-likeness (QED) is 0.604. The summed E-state index contributed by atoms with van der Waals surface area (Å²) in [6.07, 6.45) is 1.90. The molecule has 2 heterocycles. The highest BCUT2D eigenvalue weighted by molar-refractivity contribution is 5.61. The minimum absolute atomic E-state index is 0.00926. The number of nitrogens with two attached hydrogens (primary N) is 1. The Morgan fingerprint density at radius 3 is 3.05 bits per heavy atom. The Morgan fingerprint density at radius 2 is 2.45 bits per heavy atom. The highest BCUT2D eigenvalue weighted by Gasteiger charge is 2.35. The van der Waals surface area contributed by atoms with Gasteiger partial charge in [-0.3, -0.25) is 4.57 Å². The number of hydrogen-bond acceptors (Lipinski definition) is 7. The Balaban J connectivity index is 2.36. The molecule has 20 heavy (non-hydrogen) atoms. The Morgan fingerprint density at radius 1 is 1.70 bits per heavy atom. The Kier molecular flexibility index (Phi) is 4.14. The maximum Gasteiger partial charge on any atom is 0.351 e. The van der Waals surface area contributed by atoms with Crippen molar-refractivity contribution in [3.8, 4) is 6.07 Å². The summed E-state index contributed by atoms with van der Waals surface area (Å²) < 4.78 is 6.57. The van der Waals surface area contributed by atoms with Gasteiger partial charge in [0.15, 0.2) is 0 Å². The lowest BCUT2D eigenvalue weighted by atomic mass is 10.2. The largest absolute Gasteiger partial charge is 0.394 e. The van der Waals surface area contributed by atoms with Crippen LogP contribution in [-0.4, -0.2) is 38.6 Å². The summed E-state index contributed by atoms with van der Waals surface area (Å²) >= 11 is 0. The van der Waals surface area contributed by atoms with Crippen LogP contribution in [0, 0.1) is 11.3 Å². The summed E-state index contributed by atoms with van der Waals surface area (Å²) in [4.78, 5) is 15.5. The van der Waals surface area contributed by atoms with Gasteiger partial charge >= 0.3 is 5.69 Å². The van der Waals surface area contributed by atoms with Gasteiger partial charge in [0.05, 0.1) is 18.8 Å². The lowest BCUT2D eigenvalue weighted by Crippen LogP contribution is -2.28. The minimum atomic E-state index is -0.854. The highest BCUT2D eigenvalue weighted by atomic mass is 16.5. The standard InChI is InChI=1S/C12H14N4O4/c13-3-1-2-7-5-16(12(19)15-11(7)14)10-4-8(18)9(6-17)20-10/h1-2,5,8-10,17-18H,4,6H2,(H2,14,15,19)/b2-1+/t8-,9+,10+/m0/s1. The van der Waals surface area contributed by atoms with Crippen LogP contribution in [0.2, 0.25) is 0 Å². The van der Waals surface area contributed by atoms with E-state index >= 15 is 0 Å². The van der Waals surface area contributed by atoms with Crippen molar-refractivity contribution in [2.75, 3.05) is 12.3 Å². The first kappa shape index (κ1) is 14.2. The average molecular weight is 278 g/mol. The molecule has 1 aliphatic heterocycles. The van der Waals surface area contributed by atoms with E-state index in [1.54, 1.807) is 0 Å². The van der Waals surface area contributed by atoms with Gasteiger partial charge in [-0.25, -0.2) is 4.79 Å². The molecule has 2 rings (SSSR count). The topological polar surface area (TPSA) is 134 Å². The molecule has 8 heteroatoms. The molecule has 0 bridgehead atoms. The maximum absolute atomic E-state index is 11.8. The van der Waals surface area contributed by atoms with Gasteiger partial charge in [0.2, 0.25) is 0 Å². The van der Waals surface area contributed by atoms with E-state index in [-0.39, 0.29) is 18.8 Å². The summed E-state index contributed by atoms with van der Waals surface area (Å²) in [7, 11) is 0. The smallest absolute Gasteiger partial charge is 0.351 e. The number of anilines is 1. The second-order valence-electron chi connectivity index (χ2n) is 4.35. The van der Waals surface area contributed by atoms with Crippen LogP contribution in [0.15, 0.2) is 17.1 Å². The van der Waals surface area contributed by atoms with E-state index in [4.69, 9.17) is 20.8 Å². The first-order chi connectivity index (χ1) is 9.56. The Labute approximate surface area is 114 Å². The highest BCUT2D eigenvalue weighted by Crippen LogP contribution is 2.27. The van der Waals surface area contributed by atoms with Gasteiger partial charge in [-0.05, 0) is 6.08 Å². The van der Waals surface area contributed by atoms with Crippen molar-refractivity contribution in [2.24, 2.45) is 0 Å². The van der Waals surface area contributed by atoms with Crippen LogP contribution in [0.25, 0.3) is 6.08 Å². The van der Waals surface area contributed by atoms with Crippen LogP contribution in [0.1, 0.15) is 18.2 Å². The summed E-state index contributed by atoms with van der Waals surface area (Å²) in [6.45, 7) is -0.337. The number of aliphatic hydroxyl groups is 2. The summed E-state index contributed by atoms with van der Waals surface area (Å²) in [5, 5.41) is 27.2. The second-order valence-corrected chi connectivity index (χ2v) is 4.35. The first-order valence-electron chi connectivity index (χ1n) is 5.96. The monoisotopic (exact) mass is 278 g/mol. The fourth-order valence-corrected chi connectivity index (χ4v) is 2.01. The van der Waals surface area contributed by atoms with Crippen LogP contribution in [0.4, 0.5) is 5.82 Å². The summed E-state index contributed by atoms with van der Waals surface area (Å²) in [5.74, 6) is 0.00926.